The summed E-state index contributed by atoms with van der Waals surface area (Å²) in [6, 6.07) is 48.5. The minimum absolute atomic E-state index is 0.137. The minimum Gasteiger partial charge on any atom is -0.456 e. The Kier molecular flexibility index (Phi) is 8.70. The Morgan fingerprint density at radius 2 is 1.07 bits per heavy atom. The van der Waals surface area contributed by atoms with Gasteiger partial charge in [0.15, 0.2) is 5.75 Å². The summed E-state index contributed by atoms with van der Waals surface area (Å²) in [5.74, 6) is 1.84. The number of hydrogen-bond donors (Lipinski definition) is 0. The summed E-state index contributed by atoms with van der Waals surface area (Å²) in [5.41, 5.74) is 7.86. The van der Waals surface area contributed by atoms with Crippen LogP contribution in [0.25, 0.3) is 99.8 Å². The van der Waals surface area contributed by atoms with Crippen LogP contribution in [0.2, 0.25) is 39.3 Å². The molecule has 0 aliphatic heterocycles. The third kappa shape index (κ3) is 7.94. The van der Waals surface area contributed by atoms with Crippen LogP contribution in [0, 0.1) is 6.33 Å². The van der Waals surface area contributed by atoms with Gasteiger partial charge in [-0.3, -0.25) is 13.7 Å². The van der Waals surface area contributed by atoms with Gasteiger partial charge in [0.1, 0.15) is 28.0 Å². The van der Waals surface area contributed by atoms with Crippen molar-refractivity contribution in [3.63, 3.8) is 0 Å². The Bertz CT molecular complexity index is 4730. The van der Waals surface area contributed by atoms with Gasteiger partial charge >= 0.3 is 0 Å². The first-order valence-corrected chi connectivity index (χ1v) is 31.9. The average molecular weight is 1020 g/mol. The Balaban J connectivity index is 1.04. The molecule has 0 aliphatic rings. The fraction of sp³-hybridized carbons (Fsp3) is 0.0909. The van der Waals surface area contributed by atoms with E-state index in [1.165, 1.54) is 0 Å². The van der Waals surface area contributed by atoms with E-state index in [4.69, 9.17) is 23.4 Å². The van der Waals surface area contributed by atoms with Crippen molar-refractivity contribution in [1.29, 1.82) is 0 Å². The Hall–Kier alpha value is -8.77. The first-order chi connectivity index (χ1) is 40.6. The van der Waals surface area contributed by atoms with E-state index >= 15 is 0 Å². The van der Waals surface area contributed by atoms with E-state index < -0.39 is 76.9 Å². The number of benzene rings is 9. The maximum atomic E-state index is 9.16. The SMILES string of the molecule is [2H]c1c([2H])c([2H])c(-c2cccc(-c3c([2H])c([2H])c([2H])c([2H])c3[2H])c2-[n+]2[c-]n(-c3cccc(Oc4cc5c(cc4-n4c6ccccc6c6ccccc64)c4ccccc4n5-c4cc(N([Si](C)(C)C)[Si](C)(C)C)ccn4)c3)c3ccccc32)c([2H])c1[2H]. The molecule has 75 heavy (non-hydrogen) atoms. The average Bonchev–Trinajstić information content (AvgIpc) is 2.01. The summed E-state index contributed by atoms with van der Waals surface area (Å²) < 4.78 is 106. The monoisotopic (exact) mass is 1010 g/mol. The van der Waals surface area contributed by atoms with Gasteiger partial charge in [-0.05, 0) is 70.8 Å². The smallest absolute Gasteiger partial charge is 0.269 e. The Morgan fingerprint density at radius 1 is 0.520 bits per heavy atom. The molecule has 0 saturated heterocycles. The molecule has 0 aliphatic carbocycles. The molecule has 13 aromatic rings. The second-order valence-electron chi connectivity index (χ2n) is 20.7. The maximum Gasteiger partial charge on any atom is 0.269 e. The zero-order valence-corrected chi connectivity index (χ0v) is 44.3. The highest BCUT2D eigenvalue weighted by molar-refractivity contribution is 6.99. The highest BCUT2D eigenvalue weighted by Gasteiger charge is 2.35. The molecule has 4 aromatic heterocycles. The van der Waals surface area contributed by atoms with Gasteiger partial charge in [0, 0.05) is 45.6 Å². The van der Waals surface area contributed by atoms with Crippen molar-refractivity contribution in [2.24, 2.45) is 0 Å². The highest BCUT2D eigenvalue weighted by Crippen LogP contribution is 2.43. The molecule has 0 unspecified atom stereocenters. The normalized spacial score (nSPS) is 14.0. The van der Waals surface area contributed by atoms with Crippen molar-refractivity contribution in [3.05, 3.63) is 237 Å². The molecule has 7 nitrogen and oxygen atoms in total. The predicted molar refractivity (Wildman–Crippen MR) is 317 cm³/mol. The van der Waals surface area contributed by atoms with Crippen LogP contribution >= 0.6 is 0 Å². The largest absolute Gasteiger partial charge is 0.456 e. The van der Waals surface area contributed by atoms with E-state index in [1.807, 2.05) is 59.3 Å². The van der Waals surface area contributed by atoms with Crippen molar-refractivity contribution < 1.29 is 23.0 Å². The summed E-state index contributed by atoms with van der Waals surface area (Å²) in [6.45, 7) is 14.4. The van der Waals surface area contributed by atoms with Crippen LogP contribution in [0.15, 0.2) is 230 Å². The summed E-state index contributed by atoms with van der Waals surface area (Å²) in [6.07, 6.45) is 5.44. The fourth-order valence-corrected chi connectivity index (χ4v) is 21.2. The molecule has 0 radical (unpaired) electrons. The van der Waals surface area contributed by atoms with Gasteiger partial charge in [0.2, 0.25) is 0 Å². The number of para-hydroxylation sites is 6. The van der Waals surface area contributed by atoms with Crippen molar-refractivity contribution in [3.8, 4) is 56.6 Å². The van der Waals surface area contributed by atoms with E-state index in [-0.39, 0.29) is 27.9 Å². The topological polar surface area (TPSA) is 44.0 Å². The summed E-state index contributed by atoms with van der Waals surface area (Å²) in [4.78, 5) is 5.10. The Morgan fingerprint density at radius 3 is 1.68 bits per heavy atom. The van der Waals surface area contributed by atoms with Crippen molar-refractivity contribution in [2.75, 3.05) is 4.23 Å². The van der Waals surface area contributed by atoms with Gasteiger partial charge in [-0.25, -0.2) is 4.98 Å². The number of ether oxygens (including phenoxy) is 1. The fourth-order valence-electron chi connectivity index (χ4n) is 11.3. The predicted octanol–water partition coefficient (Wildman–Crippen LogP) is 16.9. The quantitative estimate of drug-likeness (QED) is 0.0737. The van der Waals surface area contributed by atoms with Crippen LogP contribution in [0.4, 0.5) is 5.69 Å². The number of aromatic nitrogens is 5. The molecule has 364 valence electrons. The molecule has 0 atom stereocenters. The van der Waals surface area contributed by atoms with Crippen molar-refractivity contribution in [2.45, 2.75) is 39.3 Å². The zero-order valence-electron chi connectivity index (χ0n) is 52.3. The van der Waals surface area contributed by atoms with Crippen LogP contribution < -0.4 is 13.5 Å². The van der Waals surface area contributed by atoms with E-state index in [0.29, 0.717) is 28.2 Å². The molecule has 0 N–H and O–H groups in total. The van der Waals surface area contributed by atoms with Gasteiger partial charge < -0.3 is 13.5 Å². The van der Waals surface area contributed by atoms with Crippen LogP contribution in [0.5, 0.6) is 11.5 Å². The first kappa shape index (κ1) is 36.2. The lowest BCUT2D eigenvalue weighted by molar-refractivity contribution is -0.571. The summed E-state index contributed by atoms with van der Waals surface area (Å²) in [5, 5.41) is 4.25. The molecule has 0 fully saturated rings. The zero-order chi connectivity index (χ0) is 59.7. The number of hydrogen-bond acceptors (Lipinski definition) is 3. The third-order valence-electron chi connectivity index (χ3n) is 13.8. The van der Waals surface area contributed by atoms with Gasteiger partial charge in [0.25, 0.3) is 6.33 Å². The molecule has 9 heteroatoms. The molecule has 0 amide bonds. The molecule has 0 bridgehead atoms. The minimum atomic E-state index is -1.86. The molecule has 13 rings (SSSR count). The molecule has 0 saturated carbocycles. The van der Waals surface area contributed by atoms with Crippen LogP contribution in [-0.4, -0.2) is 35.2 Å². The van der Waals surface area contributed by atoms with Crippen LogP contribution in [0.3, 0.4) is 0 Å². The number of pyridine rings is 1. The Labute approximate surface area is 453 Å². The lowest BCUT2D eigenvalue weighted by atomic mass is 9.95. The van der Waals surface area contributed by atoms with Gasteiger partial charge in [-0.2, -0.15) is 0 Å². The third-order valence-corrected chi connectivity index (χ3v) is 21.0. The van der Waals surface area contributed by atoms with E-state index in [2.05, 4.69) is 156 Å². The number of fused-ring (bicyclic) bond motifs is 7. The number of nitrogens with zero attached hydrogens (tertiary/aromatic N) is 6. The second kappa shape index (κ2) is 18.0. The summed E-state index contributed by atoms with van der Waals surface area (Å²) >= 11 is 0. The lowest BCUT2D eigenvalue weighted by Gasteiger charge is -2.46. The van der Waals surface area contributed by atoms with Gasteiger partial charge in [-0.15, -0.1) is 0 Å². The highest BCUT2D eigenvalue weighted by atomic mass is 28.4. The van der Waals surface area contributed by atoms with Crippen molar-refractivity contribution >= 4 is 76.8 Å². The van der Waals surface area contributed by atoms with E-state index in [1.54, 1.807) is 22.8 Å². The maximum absolute atomic E-state index is 9.16. The number of imidazole rings is 1. The van der Waals surface area contributed by atoms with E-state index in [0.717, 1.165) is 60.8 Å². The van der Waals surface area contributed by atoms with Crippen LogP contribution in [0.1, 0.15) is 13.7 Å². The molecule has 0 spiro atoms. The lowest BCUT2D eigenvalue weighted by Crippen LogP contribution is -2.59. The number of anilines is 1. The van der Waals surface area contributed by atoms with Gasteiger partial charge in [0.05, 0.1) is 63.9 Å². The van der Waals surface area contributed by atoms with E-state index in [9.17, 15) is 0 Å². The molecule has 4 heterocycles. The second-order valence-corrected chi connectivity index (χ2v) is 30.7. The summed E-state index contributed by atoms with van der Waals surface area (Å²) in [7, 11) is -3.72. The standard InChI is InChI=1S/C66H56N6OSi2/c1-74(2,3)72(75(4,5)6)49-39-40-67-65(42-49)71-59-36-18-15-31-55(59)56-43-63(70-57-34-16-13-29-53(57)54-30-14-17-35-58(54)70)64(44-62(56)71)73-50-28-21-27-48(41-50)68-45-69(61-38-20-19-37-60(61)68)66-51(46-23-9-7-10-24-46)32-22-33-52(66)47-25-11-8-12-26-47/h7-44H,1-6H3/i7D,8D,9D,10D,11D,12D,23D,24D,25D,26D. The molecular weight excluding hydrogens is 949 g/mol. The number of rotatable bonds is 11. The van der Waals surface area contributed by atoms with Crippen LogP contribution in [-0.2, 0) is 0 Å². The molecular formula is C66H56N6OSi2. The first-order valence-electron chi connectivity index (χ1n) is 30.0. The van der Waals surface area contributed by atoms with Gasteiger partial charge in [-0.1, -0.05) is 203 Å². The van der Waals surface area contributed by atoms with Crippen molar-refractivity contribution in [1.82, 2.24) is 18.7 Å². The molecule has 9 aromatic carbocycles.